The van der Waals surface area contributed by atoms with Crippen molar-refractivity contribution in [3.63, 3.8) is 0 Å². The second-order valence-corrected chi connectivity index (χ2v) is 8.90. The third-order valence-electron chi connectivity index (χ3n) is 5.10. The highest BCUT2D eigenvalue weighted by Crippen LogP contribution is 2.42. The van der Waals surface area contributed by atoms with Gasteiger partial charge in [0.05, 0.1) is 17.6 Å². The summed E-state index contributed by atoms with van der Waals surface area (Å²) in [6, 6.07) is 18.2. The molecule has 1 saturated heterocycles. The molecule has 0 spiro atoms. The first kappa shape index (κ1) is 22.0. The fourth-order valence-corrected chi connectivity index (χ4v) is 4.14. The lowest BCUT2D eigenvalue weighted by atomic mass is 9.94. The van der Waals surface area contributed by atoms with Crippen molar-refractivity contribution >= 4 is 61.0 Å². The van der Waals surface area contributed by atoms with Gasteiger partial charge in [-0.05, 0) is 53.6 Å². The summed E-state index contributed by atoms with van der Waals surface area (Å²) < 4.78 is 1.56. The van der Waals surface area contributed by atoms with Crippen LogP contribution in [0, 0.1) is 0 Å². The molecular formula is C24H14Br2NO5-. The lowest BCUT2D eigenvalue weighted by Crippen LogP contribution is -2.29. The summed E-state index contributed by atoms with van der Waals surface area (Å²) in [6.45, 7) is 0. The summed E-state index contributed by atoms with van der Waals surface area (Å²) >= 11 is 6.67. The number of Topliss-reactive ketones (excluding diaryl/α,β-unsaturated/α-hetero) is 1. The summed E-state index contributed by atoms with van der Waals surface area (Å²) in [7, 11) is 0. The molecule has 160 valence electrons. The molecule has 8 heteroatoms. The van der Waals surface area contributed by atoms with Crippen molar-refractivity contribution < 1.29 is 24.6 Å². The highest BCUT2D eigenvalue weighted by molar-refractivity contribution is 9.10. The van der Waals surface area contributed by atoms with E-state index in [0.29, 0.717) is 16.8 Å². The normalized spacial score (nSPS) is 17.6. The number of hydrogen-bond acceptors (Lipinski definition) is 5. The molecule has 1 heterocycles. The number of aromatic carboxylic acids is 1. The maximum absolute atomic E-state index is 13.1. The number of nitrogens with zero attached hydrogens (tertiary/aromatic N) is 1. The number of halogens is 2. The van der Waals surface area contributed by atoms with Crippen LogP contribution in [0.25, 0.3) is 5.76 Å². The van der Waals surface area contributed by atoms with Gasteiger partial charge in [-0.3, -0.25) is 14.5 Å². The predicted octanol–water partition coefficient (Wildman–Crippen LogP) is 4.20. The van der Waals surface area contributed by atoms with E-state index >= 15 is 0 Å². The van der Waals surface area contributed by atoms with Crippen LogP contribution >= 0.6 is 31.9 Å². The number of carboxylic acid groups (broad SMARTS) is 1. The number of carbonyl (C=O) groups is 3. The highest BCUT2D eigenvalue weighted by atomic mass is 79.9. The first-order valence-corrected chi connectivity index (χ1v) is 11.0. The van der Waals surface area contributed by atoms with Gasteiger partial charge in [0, 0.05) is 20.2 Å². The van der Waals surface area contributed by atoms with Gasteiger partial charge in [0.25, 0.3) is 11.7 Å². The maximum atomic E-state index is 13.1. The number of aliphatic hydroxyl groups is 1. The summed E-state index contributed by atoms with van der Waals surface area (Å²) in [6.07, 6.45) is 0. The molecule has 6 nitrogen and oxygen atoms in total. The van der Waals surface area contributed by atoms with E-state index in [0.717, 1.165) is 8.95 Å². The third-order valence-corrected chi connectivity index (χ3v) is 6.16. The Labute approximate surface area is 200 Å². The number of benzene rings is 3. The number of ketones is 1. The van der Waals surface area contributed by atoms with E-state index in [4.69, 9.17) is 0 Å². The minimum Gasteiger partial charge on any atom is -0.545 e. The van der Waals surface area contributed by atoms with Gasteiger partial charge in [-0.25, -0.2) is 0 Å². The Morgan fingerprint density at radius 1 is 0.875 bits per heavy atom. The van der Waals surface area contributed by atoms with Crippen molar-refractivity contribution in [1.82, 2.24) is 0 Å². The van der Waals surface area contributed by atoms with E-state index in [1.807, 2.05) is 0 Å². The summed E-state index contributed by atoms with van der Waals surface area (Å²) in [4.78, 5) is 38.8. The van der Waals surface area contributed by atoms with Crippen molar-refractivity contribution in [1.29, 1.82) is 0 Å². The number of amides is 1. The Morgan fingerprint density at radius 2 is 1.47 bits per heavy atom. The van der Waals surface area contributed by atoms with Crippen molar-refractivity contribution in [3.8, 4) is 0 Å². The van der Waals surface area contributed by atoms with Gasteiger partial charge in [-0.15, -0.1) is 0 Å². The Hall–Kier alpha value is -3.23. The molecule has 0 radical (unpaired) electrons. The van der Waals surface area contributed by atoms with E-state index in [1.54, 1.807) is 54.6 Å². The predicted molar refractivity (Wildman–Crippen MR) is 124 cm³/mol. The monoisotopic (exact) mass is 554 g/mol. The van der Waals surface area contributed by atoms with Gasteiger partial charge in [-0.1, -0.05) is 62.2 Å². The Balaban J connectivity index is 1.96. The Bertz CT molecular complexity index is 1270. The molecule has 3 aromatic rings. The third kappa shape index (κ3) is 3.99. The maximum Gasteiger partial charge on any atom is 0.300 e. The van der Waals surface area contributed by atoms with Gasteiger partial charge in [0.1, 0.15) is 5.76 Å². The number of aliphatic hydroxyl groups excluding tert-OH is 1. The van der Waals surface area contributed by atoms with E-state index in [-0.39, 0.29) is 16.9 Å². The van der Waals surface area contributed by atoms with Gasteiger partial charge in [0.15, 0.2) is 0 Å². The summed E-state index contributed by atoms with van der Waals surface area (Å²) in [5, 5.41) is 22.5. The molecule has 1 N–H and O–H groups in total. The van der Waals surface area contributed by atoms with Crippen LogP contribution in [0.15, 0.2) is 87.3 Å². The average molecular weight is 556 g/mol. The SMILES string of the molecule is O=C1C(=O)N(c2ccc(Br)cc2)[C@H](c2cccc(C(=O)[O-])c2)C1=C(O)c1ccc(Br)cc1. The molecule has 1 aliphatic heterocycles. The molecule has 3 aromatic carbocycles. The number of anilines is 1. The van der Waals surface area contributed by atoms with Crippen LogP contribution in [-0.4, -0.2) is 22.8 Å². The van der Waals surface area contributed by atoms with Gasteiger partial charge >= 0.3 is 0 Å². The molecule has 0 unspecified atom stereocenters. The van der Waals surface area contributed by atoms with Crippen molar-refractivity contribution in [2.45, 2.75) is 6.04 Å². The van der Waals surface area contributed by atoms with Crippen molar-refractivity contribution in [2.24, 2.45) is 0 Å². The number of rotatable bonds is 4. The fourth-order valence-electron chi connectivity index (χ4n) is 3.61. The zero-order chi connectivity index (χ0) is 23.0. The summed E-state index contributed by atoms with van der Waals surface area (Å²) in [5.74, 6) is -3.42. The molecule has 0 aromatic heterocycles. The molecule has 0 bridgehead atoms. The number of carboxylic acids is 1. The van der Waals surface area contributed by atoms with Crippen molar-refractivity contribution in [2.75, 3.05) is 4.90 Å². The minimum absolute atomic E-state index is 0.104. The highest BCUT2D eigenvalue weighted by Gasteiger charge is 2.47. The number of carbonyl (C=O) groups excluding carboxylic acids is 3. The molecule has 0 aliphatic carbocycles. The standard InChI is InChI=1S/C24H15Br2NO5/c25-16-6-4-13(5-7-16)21(28)19-20(14-2-1-3-15(12-14)24(31)32)27(23(30)22(19)29)18-10-8-17(26)9-11-18/h1-12,20,28H,(H,31,32)/p-1/t20-/m1/s1. The van der Waals surface area contributed by atoms with Gasteiger partial charge in [-0.2, -0.15) is 0 Å². The molecule has 4 rings (SSSR count). The second-order valence-electron chi connectivity index (χ2n) is 7.07. The largest absolute Gasteiger partial charge is 0.545 e. The quantitative estimate of drug-likeness (QED) is 0.295. The lowest BCUT2D eigenvalue weighted by molar-refractivity contribution is -0.255. The van der Waals surface area contributed by atoms with E-state index < -0.39 is 23.7 Å². The van der Waals surface area contributed by atoms with Crippen LogP contribution < -0.4 is 10.0 Å². The molecule has 1 aliphatic rings. The fraction of sp³-hybridized carbons (Fsp3) is 0.0417. The van der Waals surface area contributed by atoms with E-state index in [1.165, 1.54) is 23.1 Å². The van der Waals surface area contributed by atoms with E-state index in [9.17, 15) is 24.6 Å². The van der Waals surface area contributed by atoms with Crippen LogP contribution in [0.5, 0.6) is 0 Å². The average Bonchev–Trinajstić information content (AvgIpc) is 3.05. The van der Waals surface area contributed by atoms with Crippen LogP contribution in [0.1, 0.15) is 27.5 Å². The van der Waals surface area contributed by atoms with Crippen molar-refractivity contribution in [3.05, 3.63) is 104 Å². The molecule has 1 fully saturated rings. The first-order valence-electron chi connectivity index (χ1n) is 9.41. The first-order chi connectivity index (χ1) is 15.3. The minimum atomic E-state index is -1.39. The Morgan fingerprint density at radius 3 is 2.06 bits per heavy atom. The van der Waals surface area contributed by atoms with Gasteiger partial charge < -0.3 is 15.0 Å². The van der Waals surface area contributed by atoms with Crippen LogP contribution in [0.2, 0.25) is 0 Å². The van der Waals surface area contributed by atoms with Crippen LogP contribution in [-0.2, 0) is 9.59 Å². The van der Waals surface area contributed by atoms with Crippen LogP contribution in [0.4, 0.5) is 5.69 Å². The molecule has 1 atom stereocenters. The van der Waals surface area contributed by atoms with Crippen LogP contribution in [0.3, 0.4) is 0 Å². The Kier molecular flexibility index (Phi) is 5.99. The smallest absolute Gasteiger partial charge is 0.300 e. The zero-order valence-corrected chi connectivity index (χ0v) is 19.5. The van der Waals surface area contributed by atoms with Gasteiger partial charge in [0.2, 0.25) is 0 Å². The van der Waals surface area contributed by atoms with E-state index in [2.05, 4.69) is 31.9 Å². The topological polar surface area (TPSA) is 97.7 Å². The molecule has 0 saturated carbocycles. The molecule has 32 heavy (non-hydrogen) atoms. The zero-order valence-electron chi connectivity index (χ0n) is 16.3. The lowest BCUT2D eigenvalue weighted by Gasteiger charge is -2.26. The second kappa shape index (κ2) is 8.72. The summed E-state index contributed by atoms with van der Waals surface area (Å²) in [5.41, 5.74) is 0.896. The molecular weight excluding hydrogens is 542 g/mol. The molecule has 1 amide bonds. The number of hydrogen-bond donors (Lipinski definition) is 1.